The molecule has 2 heterocycles. The first-order valence-corrected chi connectivity index (χ1v) is 11.9. The minimum Gasteiger partial charge on any atom is -0.349 e. The predicted molar refractivity (Wildman–Crippen MR) is 116 cm³/mol. The Kier molecular flexibility index (Phi) is 6.49. The number of hydrogen-bond donors (Lipinski definition) is 1. The zero-order valence-electron chi connectivity index (χ0n) is 17.7. The van der Waals surface area contributed by atoms with E-state index in [1.54, 1.807) is 4.31 Å². The van der Waals surface area contributed by atoms with E-state index < -0.39 is 10.0 Å². The van der Waals surface area contributed by atoms with Crippen molar-refractivity contribution in [2.24, 2.45) is 0 Å². The van der Waals surface area contributed by atoms with Gasteiger partial charge in [-0.2, -0.15) is 0 Å². The third-order valence-electron chi connectivity index (χ3n) is 5.55. The van der Waals surface area contributed by atoms with Crippen molar-refractivity contribution < 1.29 is 13.2 Å². The quantitative estimate of drug-likeness (QED) is 0.784. The summed E-state index contributed by atoms with van der Waals surface area (Å²) < 4.78 is 28.1. The van der Waals surface area contributed by atoms with E-state index in [4.69, 9.17) is 0 Å². The van der Waals surface area contributed by atoms with Gasteiger partial charge in [0.1, 0.15) is 0 Å². The molecule has 29 heavy (non-hydrogen) atoms. The van der Waals surface area contributed by atoms with Crippen LogP contribution in [0.25, 0.3) is 5.69 Å². The smallest absolute Gasteiger partial charge is 0.253 e. The van der Waals surface area contributed by atoms with Crippen molar-refractivity contribution in [1.29, 1.82) is 0 Å². The van der Waals surface area contributed by atoms with E-state index in [0.29, 0.717) is 37.9 Å². The third kappa shape index (κ3) is 4.73. The van der Waals surface area contributed by atoms with Crippen LogP contribution in [0.15, 0.2) is 30.3 Å². The maximum Gasteiger partial charge on any atom is 0.253 e. The van der Waals surface area contributed by atoms with Crippen LogP contribution in [0.3, 0.4) is 0 Å². The van der Waals surface area contributed by atoms with E-state index in [1.807, 2.05) is 58.0 Å². The molecule has 0 saturated carbocycles. The lowest BCUT2D eigenvalue weighted by Crippen LogP contribution is -2.47. The maximum absolute atomic E-state index is 13.1. The highest BCUT2D eigenvalue weighted by atomic mass is 32.2. The topological polar surface area (TPSA) is 71.4 Å². The molecule has 0 bridgehead atoms. The molecule has 0 aliphatic carbocycles. The first-order chi connectivity index (χ1) is 13.7. The van der Waals surface area contributed by atoms with Gasteiger partial charge in [0.05, 0.1) is 17.0 Å². The Hall–Kier alpha value is -2.12. The molecule has 1 aromatic carbocycles. The van der Waals surface area contributed by atoms with Crippen LogP contribution in [-0.4, -0.2) is 48.1 Å². The van der Waals surface area contributed by atoms with E-state index in [0.717, 1.165) is 22.6 Å². The van der Waals surface area contributed by atoms with Crippen LogP contribution >= 0.6 is 0 Å². The maximum atomic E-state index is 13.1. The highest BCUT2D eigenvalue weighted by molar-refractivity contribution is 7.89. The second kappa shape index (κ2) is 8.71. The number of rotatable bonds is 6. The van der Waals surface area contributed by atoms with Crippen molar-refractivity contribution in [2.45, 2.75) is 53.0 Å². The Morgan fingerprint density at radius 2 is 1.69 bits per heavy atom. The van der Waals surface area contributed by atoms with Crippen LogP contribution in [0.4, 0.5) is 0 Å². The van der Waals surface area contributed by atoms with Gasteiger partial charge in [0.25, 0.3) is 5.91 Å². The summed E-state index contributed by atoms with van der Waals surface area (Å²) in [4.78, 5) is 13.1. The van der Waals surface area contributed by atoms with Gasteiger partial charge < -0.3 is 9.88 Å². The molecule has 0 spiro atoms. The second-order valence-electron chi connectivity index (χ2n) is 7.93. The molecule has 3 rings (SSSR count). The third-order valence-corrected chi connectivity index (χ3v) is 7.63. The Labute approximate surface area is 174 Å². The van der Waals surface area contributed by atoms with Gasteiger partial charge in [-0.15, -0.1) is 0 Å². The molecule has 1 aliphatic rings. The lowest BCUT2D eigenvalue weighted by atomic mass is 10.0. The van der Waals surface area contributed by atoms with E-state index in [1.165, 1.54) is 0 Å². The summed E-state index contributed by atoms with van der Waals surface area (Å²) >= 11 is 0. The summed E-state index contributed by atoms with van der Waals surface area (Å²) in [6.45, 7) is 8.83. The largest absolute Gasteiger partial charge is 0.349 e. The highest BCUT2D eigenvalue weighted by Crippen LogP contribution is 2.23. The van der Waals surface area contributed by atoms with Gasteiger partial charge in [-0.05, 0) is 64.3 Å². The molecule has 2 aromatic rings. The van der Waals surface area contributed by atoms with E-state index in [2.05, 4.69) is 9.88 Å². The summed E-state index contributed by atoms with van der Waals surface area (Å²) in [7, 11) is -3.17. The van der Waals surface area contributed by atoms with E-state index in [9.17, 15) is 13.2 Å². The standard InChI is InChI=1S/C22H31N3O3S/c1-5-14-29(27,28)24-12-10-19(11-13-24)23-22(26)20-15-16(2)6-9-21(20)25-17(3)7-8-18(25)4/h6-9,15,19H,5,10-14H2,1-4H3,(H,23,26). The van der Waals surface area contributed by atoms with Gasteiger partial charge >= 0.3 is 0 Å². The van der Waals surface area contributed by atoms with Crippen molar-refractivity contribution in [3.8, 4) is 5.69 Å². The molecule has 158 valence electrons. The van der Waals surface area contributed by atoms with Crippen LogP contribution in [0.1, 0.15) is 53.5 Å². The average Bonchev–Trinajstić information content (AvgIpc) is 3.00. The molecule has 1 aliphatic heterocycles. The van der Waals surface area contributed by atoms with Crippen LogP contribution < -0.4 is 5.32 Å². The number of carbonyl (C=O) groups excluding carboxylic acids is 1. The summed E-state index contributed by atoms with van der Waals surface area (Å²) in [5.74, 6) is 0.0813. The lowest BCUT2D eigenvalue weighted by molar-refractivity contribution is 0.0923. The molecular formula is C22H31N3O3S. The van der Waals surface area contributed by atoms with Gasteiger partial charge in [0, 0.05) is 30.5 Å². The summed E-state index contributed by atoms with van der Waals surface area (Å²) in [6, 6.07) is 10.00. The number of hydrogen-bond acceptors (Lipinski definition) is 3. The van der Waals surface area contributed by atoms with Crippen LogP contribution in [0.5, 0.6) is 0 Å². The highest BCUT2D eigenvalue weighted by Gasteiger charge is 2.28. The fourth-order valence-corrected chi connectivity index (χ4v) is 5.54. The zero-order chi connectivity index (χ0) is 21.2. The minimum absolute atomic E-state index is 0.0178. The number of sulfonamides is 1. The summed E-state index contributed by atoms with van der Waals surface area (Å²) in [5, 5.41) is 3.13. The molecule has 1 fully saturated rings. The Balaban J connectivity index is 1.75. The van der Waals surface area contributed by atoms with Gasteiger partial charge in [-0.3, -0.25) is 4.79 Å². The molecular weight excluding hydrogens is 386 g/mol. The SMILES string of the molecule is CCCS(=O)(=O)N1CCC(NC(=O)c2cc(C)ccc2-n2c(C)ccc2C)CC1. The summed E-state index contributed by atoms with van der Waals surface area (Å²) in [5.41, 5.74) is 4.70. The number of amides is 1. The first kappa shape index (κ1) is 21.6. The van der Waals surface area contributed by atoms with Crippen LogP contribution in [0.2, 0.25) is 0 Å². The zero-order valence-corrected chi connectivity index (χ0v) is 18.6. The van der Waals surface area contributed by atoms with E-state index in [-0.39, 0.29) is 17.7 Å². The molecule has 6 nitrogen and oxygen atoms in total. The van der Waals surface area contributed by atoms with Crippen LogP contribution in [0, 0.1) is 20.8 Å². The van der Waals surface area contributed by atoms with Crippen molar-refractivity contribution in [3.05, 3.63) is 52.8 Å². The number of aromatic nitrogens is 1. The minimum atomic E-state index is -3.17. The Bertz CT molecular complexity index is 967. The first-order valence-electron chi connectivity index (χ1n) is 10.3. The van der Waals surface area contributed by atoms with Gasteiger partial charge in [-0.1, -0.05) is 18.6 Å². The van der Waals surface area contributed by atoms with Crippen molar-refractivity contribution in [1.82, 2.24) is 14.2 Å². The predicted octanol–water partition coefficient (Wildman–Crippen LogP) is 3.34. The van der Waals surface area contributed by atoms with Gasteiger partial charge in [0.2, 0.25) is 10.0 Å². The number of benzene rings is 1. The van der Waals surface area contributed by atoms with E-state index >= 15 is 0 Å². The normalized spacial score (nSPS) is 16.1. The number of piperidine rings is 1. The van der Waals surface area contributed by atoms with Gasteiger partial charge in [0.15, 0.2) is 0 Å². The fraction of sp³-hybridized carbons (Fsp3) is 0.500. The molecule has 1 N–H and O–H groups in total. The molecule has 0 atom stereocenters. The molecule has 7 heteroatoms. The van der Waals surface area contributed by atoms with Crippen molar-refractivity contribution >= 4 is 15.9 Å². The van der Waals surface area contributed by atoms with Crippen molar-refractivity contribution in [3.63, 3.8) is 0 Å². The second-order valence-corrected chi connectivity index (χ2v) is 10.0. The van der Waals surface area contributed by atoms with Gasteiger partial charge in [-0.25, -0.2) is 12.7 Å². The number of nitrogens with zero attached hydrogens (tertiary/aromatic N) is 2. The Morgan fingerprint density at radius 1 is 1.07 bits per heavy atom. The molecule has 1 aromatic heterocycles. The van der Waals surface area contributed by atoms with Crippen molar-refractivity contribution in [2.75, 3.05) is 18.8 Å². The molecule has 1 saturated heterocycles. The number of carbonyl (C=O) groups is 1. The lowest BCUT2D eigenvalue weighted by Gasteiger charge is -2.31. The average molecular weight is 418 g/mol. The molecule has 1 amide bonds. The molecule has 0 unspecified atom stereocenters. The fourth-order valence-electron chi connectivity index (χ4n) is 4.00. The number of aryl methyl sites for hydroxylation is 3. The number of nitrogens with one attached hydrogen (secondary N) is 1. The monoisotopic (exact) mass is 417 g/mol. The summed E-state index contributed by atoms with van der Waals surface area (Å²) in [6.07, 6.45) is 1.89. The molecule has 0 radical (unpaired) electrons. The Morgan fingerprint density at radius 3 is 2.28 bits per heavy atom. The van der Waals surface area contributed by atoms with Crippen LogP contribution in [-0.2, 0) is 10.0 Å².